The van der Waals surface area contributed by atoms with Crippen LogP contribution in [0.15, 0.2) is 48.1 Å². The molecule has 0 fully saturated rings. The van der Waals surface area contributed by atoms with E-state index in [1.54, 1.807) is 17.8 Å². The molecule has 0 aliphatic heterocycles. The van der Waals surface area contributed by atoms with Crippen LogP contribution in [0.1, 0.15) is 16.1 Å². The summed E-state index contributed by atoms with van der Waals surface area (Å²) in [5, 5.41) is 5.13. The predicted molar refractivity (Wildman–Crippen MR) is 84.4 cm³/mol. The summed E-state index contributed by atoms with van der Waals surface area (Å²) in [5.41, 5.74) is 2.81. The number of hydrogen-bond donors (Lipinski definition) is 1. The first-order valence-electron chi connectivity index (χ1n) is 6.57. The molecule has 0 spiro atoms. The molecule has 2 heterocycles. The van der Waals surface area contributed by atoms with E-state index in [9.17, 15) is 9.18 Å². The molecular formula is C16H12FN3OS. The zero-order valence-electron chi connectivity index (χ0n) is 11.7. The Bertz CT molecular complexity index is 814. The zero-order valence-corrected chi connectivity index (χ0v) is 12.5. The van der Waals surface area contributed by atoms with Crippen molar-refractivity contribution in [3.05, 3.63) is 65.2 Å². The summed E-state index contributed by atoms with van der Waals surface area (Å²) in [7, 11) is 0. The monoisotopic (exact) mass is 313 g/mol. The molecule has 0 bridgehead atoms. The first-order valence-corrected chi connectivity index (χ1v) is 7.45. The minimum atomic E-state index is -0.346. The Morgan fingerprint density at radius 2 is 2.00 bits per heavy atom. The van der Waals surface area contributed by atoms with E-state index in [2.05, 4.69) is 15.3 Å². The number of aromatic nitrogens is 2. The van der Waals surface area contributed by atoms with Crippen LogP contribution in [0.2, 0.25) is 0 Å². The Morgan fingerprint density at radius 3 is 2.73 bits per heavy atom. The topological polar surface area (TPSA) is 54.9 Å². The van der Waals surface area contributed by atoms with Crippen LogP contribution in [0, 0.1) is 12.7 Å². The number of nitrogens with one attached hydrogen (secondary N) is 1. The maximum Gasteiger partial charge on any atom is 0.275 e. The van der Waals surface area contributed by atoms with Gasteiger partial charge in [0.05, 0.1) is 0 Å². The van der Waals surface area contributed by atoms with Crippen molar-refractivity contribution in [3.63, 3.8) is 0 Å². The normalized spacial score (nSPS) is 10.5. The number of carbonyl (C=O) groups is 1. The molecule has 1 aromatic carbocycles. The van der Waals surface area contributed by atoms with Gasteiger partial charge in [0.25, 0.3) is 5.91 Å². The van der Waals surface area contributed by atoms with Crippen LogP contribution >= 0.6 is 11.3 Å². The summed E-state index contributed by atoms with van der Waals surface area (Å²) in [6.07, 6.45) is 3.45. The van der Waals surface area contributed by atoms with E-state index in [4.69, 9.17) is 0 Å². The largest absolute Gasteiger partial charge is 0.321 e. The van der Waals surface area contributed by atoms with Crippen LogP contribution in [0.5, 0.6) is 0 Å². The molecule has 3 aromatic rings. The number of aryl methyl sites for hydroxylation is 1. The summed E-state index contributed by atoms with van der Waals surface area (Å²) in [6.45, 7) is 1.97. The second-order valence-corrected chi connectivity index (χ2v) is 5.55. The summed E-state index contributed by atoms with van der Waals surface area (Å²) < 4.78 is 12.8. The van der Waals surface area contributed by atoms with Crippen molar-refractivity contribution >= 4 is 22.9 Å². The van der Waals surface area contributed by atoms with Crippen LogP contribution in [-0.4, -0.2) is 15.9 Å². The van der Waals surface area contributed by atoms with Gasteiger partial charge in [-0.25, -0.2) is 9.37 Å². The highest BCUT2D eigenvalue weighted by Gasteiger charge is 2.13. The molecular weight excluding hydrogens is 301 g/mol. The van der Waals surface area contributed by atoms with E-state index in [-0.39, 0.29) is 11.7 Å². The van der Waals surface area contributed by atoms with Gasteiger partial charge in [0, 0.05) is 29.0 Å². The van der Waals surface area contributed by atoms with Crippen molar-refractivity contribution in [2.75, 3.05) is 5.32 Å². The third-order valence-electron chi connectivity index (χ3n) is 3.11. The molecule has 0 atom stereocenters. The van der Waals surface area contributed by atoms with Crippen LogP contribution in [-0.2, 0) is 0 Å². The molecule has 0 saturated carbocycles. The summed E-state index contributed by atoms with van der Waals surface area (Å²) in [5.74, 6) is -0.670. The van der Waals surface area contributed by atoms with E-state index in [1.807, 2.05) is 13.0 Å². The third-order valence-corrected chi connectivity index (χ3v) is 3.98. The molecule has 1 amide bonds. The molecule has 1 N–H and O–H groups in total. The minimum absolute atomic E-state index is 0.323. The van der Waals surface area contributed by atoms with E-state index in [0.29, 0.717) is 11.4 Å². The van der Waals surface area contributed by atoms with Gasteiger partial charge in [0.2, 0.25) is 0 Å². The molecule has 6 heteroatoms. The summed E-state index contributed by atoms with van der Waals surface area (Å²) in [6, 6.07) is 7.49. The number of benzene rings is 1. The molecule has 0 unspecified atom stereocenters. The van der Waals surface area contributed by atoms with Gasteiger partial charge in [-0.15, -0.1) is 11.3 Å². The standard InChI is InChI=1S/C16H12FN3OS/c1-10-6-7-18-8-13(10)16-20-14(9-22-16)15(21)19-12-4-2-11(17)3-5-12/h2-9H,1H3,(H,19,21). The second-order valence-electron chi connectivity index (χ2n) is 4.69. The molecule has 22 heavy (non-hydrogen) atoms. The molecule has 2 aromatic heterocycles. The quantitative estimate of drug-likeness (QED) is 0.797. The number of pyridine rings is 1. The smallest absolute Gasteiger partial charge is 0.275 e. The second kappa shape index (κ2) is 6.03. The number of amides is 1. The molecule has 0 aliphatic carbocycles. The number of rotatable bonds is 3. The molecule has 4 nitrogen and oxygen atoms in total. The van der Waals surface area contributed by atoms with Crippen LogP contribution in [0.4, 0.5) is 10.1 Å². The van der Waals surface area contributed by atoms with E-state index < -0.39 is 0 Å². The zero-order chi connectivity index (χ0) is 15.5. The van der Waals surface area contributed by atoms with Crippen molar-refractivity contribution in [2.24, 2.45) is 0 Å². The average molecular weight is 313 g/mol. The molecule has 3 rings (SSSR count). The van der Waals surface area contributed by atoms with Gasteiger partial charge in [-0.2, -0.15) is 0 Å². The first kappa shape index (κ1) is 14.3. The Kier molecular flexibility index (Phi) is 3.93. The van der Waals surface area contributed by atoms with Crippen LogP contribution in [0.3, 0.4) is 0 Å². The van der Waals surface area contributed by atoms with Gasteiger partial charge in [0.1, 0.15) is 16.5 Å². The fraction of sp³-hybridized carbons (Fsp3) is 0.0625. The molecule has 0 aliphatic rings. The summed E-state index contributed by atoms with van der Waals surface area (Å²) in [4.78, 5) is 20.6. The first-order chi connectivity index (χ1) is 10.6. The average Bonchev–Trinajstić information content (AvgIpc) is 3.00. The fourth-order valence-electron chi connectivity index (χ4n) is 1.92. The minimum Gasteiger partial charge on any atom is -0.321 e. The number of anilines is 1. The Hall–Kier alpha value is -2.60. The number of nitrogens with zero attached hydrogens (tertiary/aromatic N) is 2. The van der Waals surface area contributed by atoms with Gasteiger partial charge in [-0.05, 0) is 42.8 Å². The predicted octanol–water partition coefficient (Wildman–Crippen LogP) is 3.90. The number of hydrogen-bond acceptors (Lipinski definition) is 4. The number of carbonyl (C=O) groups excluding carboxylic acids is 1. The van der Waals surface area contributed by atoms with Gasteiger partial charge in [0.15, 0.2) is 0 Å². The highest BCUT2D eigenvalue weighted by atomic mass is 32.1. The van der Waals surface area contributed by atoms with E-state index in [0.717, 1.165) is 16.1 Å². The van der Waals surface area contributed by atoms with Crippen molar-refractivity contribution in [1.29, 1.82) is 0 Å². The van der Waals surface area contributed by atoms with Gasteiger partial charge in [-0.1, -0.05) is 0 Å². The summed E-state index contributed by atoms with van der Waals surface area (Å²) >= 11 is 1.39. The molecule has 0 radical (unpaired) electrons. The highest BCUT2D eigenvalue weighted by molar-refractivity contribution is 7.13. The van der Waals surface area contributed by atoms with Crippen LogP contribution in [0.25, 0.3) is 10.6 Å². The van der Waals surface area contributed by atoms with Crippen molar-refractivity contribution in [2.45, 2.75) is 6.92 Å². The highest BCUT2D eigenvalue weighted by Crippen LogP contribution is 2.26. The Balaban J connectivity index is 1.80. The van der Waals surface area contributed by atoms with Crippen molar-refractivity contribution in [1.82, 2.24) is 9.97 Å². The van der Waals surface area contributed by atoms with Gasteiger partial charge < -0.3 is 5.32 Å². The molecule has 110 valence electrons. The van der Waals surface area contributed by atoms with Gasteiger partial charge in [-0.3, -0.25) is 9.78 Å². The Morgan fingerprint density at radius 1 is 1.23 bits per heavy atom. The van der Waals surface area contributed by atoms with E-state index >= 15 is 0 Å². The third kappa shape index (κ3) is 3.01. The van der Waals surface area contributed by atoms with Crippen molar-refractivity contribution in [3.8, 4) is 10.6 Å². The van der Waals surface area contributed by atoms with E-state index in [1.165, 1.54) is 35.6 Å². The molecule has 0 saturated heterocycles. The SMILES string of the molecule is Cc1ccncc1-c1nc(C(=O)Nc2ccc(F)cc2)cs1. The number of halogens is 1. The lowest BCUT2D eigenvalue weighted by Crippen LogP contribution is -2.12. The number of thiazole rings is 1. The van der Waals surface area contributed by atoms with Gasteiger partial charge >= 0.3 is 0 Å². The fourth-order valence-corrected chi connectivity index (χ4v) is 2.79. The Labute approximate surface area is 130 Å². The lowest BCUT2D eigenvalue weighted by Gasteiger charge is -2.02. The maximum absolute atomic E-state index is 12.8. The van der Waals surface area contributed by atoms with Crippen molar-refractivity contribution < 1.29 is 9.18 Å². The van der Waals surface area contributed by atoms with Crippen LogP contribution < -0.4 is 5.32 Å². The maximum atomic E-state index is 12.8. The lowest BCUT2D eigenvalue weighted by atomic mass is 10.2. The lowest BCUT2D eigenvalue weighted by molar-refractivity contribution is 0.102.